The van der Waals surface area contributed by atoms with Crippen LogP contribution in [0.1, 0.15) is 73.1 Å². The van der Waals surface area contributed by atoms with Crippen LogP contribution in [0.5, 0.6) is 0 Å². The van der Waals surface area contributed by atoms with Gasteiger partial charge in [0.15, 0.2) is 0 Å². The van der Waals surface area contributed by atoms with Gasteiger partial charge in [0, 0.05) is 30.0 Å². The molecule has 2 heterocycles. The van der Waals surface area contributed by atoms with Crippen LogP contribution in [0, 0.1) is 13.8 Å². The highest BCUT2D eigenvalue weighted by Crippen LogP contribution is 2.38. The number of thiophene rings is 1. The number of amides is 1. The molecule has 29 heavy (non-hydrogen) atoms. The lowest BCUT2D eigenvalue weighted by Gasteiger charge is -2.10. The fourth-order valence-electron chi connectivity index (χ4n) is 3.44. The maximum atomic E-state index is 12.7. The summed E-state index contributed by atoms with van der Waals surface area (Å²) in [7, 11) is 1.48. The molecule has 0 bridgehead atoms. The van der Waals surface area contributed by atoms with Gasteiger partial charge in [-0.2, -0.15) is 0 Å². The number of nitrogens with zero attached hydrogens (tertiary/aromatic N) is 1. The molecule has 8 nitrogen and oxygen atoms in total. The van der Waals surface area contributed by atoms with E-state index < -0.39 is 17.8 Å². The summed E-state index contributed by atoms with van der Waals surface area (Å²) in [5.41, 5.74) is 8.65. The van der Waals surface area contributed by atoms with Crippen LogP contribution in [0.3, 0.4) is 0 Å². The predicted octanol–water partition coefficient (Wildman–Crippen LogP) is 2.98. The van der Waals surface area contributed by atoms with Crippen LogP contribution >= 0.6 is 11.3 Å². The fourth-order valence-corrected chi connectivity index (χ4v) is 4.45. The molecule has 156 valence electrons. The summed E-state index contributed by atoms with van der Waals surface area (Å²) in [6, 6.07) is 2.26. The third-order valence-corrected chi connectivity index (χ3v) is 5.97. The molecule has 0 unspecified atom stereocenters. The molecule has 1 saturated carbocycles. The summed E-state index contributed by atoms with van der Waals surface area (Å²) in [6.45, 7) is 5.44. The van der Waals surface area contributed by atoms with E-state index >= 15 is 0 Å². The average Bonchev–Trinajstić information content (AvgIpc) is 3.39. The summed E-state index contributed by atoms with van der Waals surface area (Å²) in [5, 5.41) is 2.66. The maximum Gasteiger partial charge on any atom is 0.341 e. The van der Waals surface area contributed by atoms with E-state index in [0.29, 0.717) is 11.6 Å². The quantitative estimate of drug-likeness (QED) is 0.667. The van der Waals surface area contributed by atoms with Crippen molar-refractivity contribution in [3.63, 3.8) is 0 Å². The van der Waals surface area contributed by atoms with Crippen LogP contribution < -0.4 is 11.1 Å². The third kappa shape index (κ3) is 4.00. The van der Waals surface area contributed by atoms with Gasteiger partial charge in [-0.1, -0.05) is 0 Å². The average molecular weight is 420 g/mol. The first-order valence-corrected chi connectivity index (χ1v) is 10.3. The Morgan fingerprint density at radius 1 is 1.24 bits per heavy atom. The minimum Gasteiger partial charge on any atom is -0.462 e. The minimum atomic E-state index is -0.644. The van der Waals surface area contributed by atoms with Gasteiger partial charge in [0.1, 0.15) is 22.0 Å². The molecule has 1 amide bonds. The van der Waals surface area contributed by atoms with Crippen molar-refractivity contribution in [2.75, 3.05) is 19.4 Å². The van der Waals surface area contributed by atoms with Crippen molar-refractivity contribution in [3.8, 4) is 0 Å². The minimum absolute atomic E-state index is 0.0757. The lowest BCUT2D eigenvalue weighted by atomic mass is 10.1. The number of carbonyl (C=O) groups excluding carboxylic acids is 3. The SMILES string of the molecule is CCOC(=O)c1c(N)sc(C(=O)NC)c1COC(=O)c1cc(C)n(C2CC2)c1C. The number of nitrogens with two attached hydrogens (primary N) is 1. The number of anilines is 1. The Labute approximate surface area is 173 Å². The van der Waals surface area contributed by atoms with Crippen molar-refractivity contribution >= 4 is 34.2 Å². The lowest BCUT2D eigenvalue weighted by molar-refractivity contribution is 0.0449. The van der Waals surface area contributed by atoms with Gasteiger partial charge in [0.05, 0.1) is 12.2 Å². The van der Waals surface area contributed by atoms with Gasteiger partial charge in [-0.15, -0.1) is 11.3 Å². The van der Waals surface area contributed by atoms with Crippen molar-refractivity contribution in [2.45, 2.75) is 46.3 Å². The molecular weight excluding hydrogens is 394 g/mol. The number of esters is 2. The number of ether oxygens (including phenoxy) is 2. The van der Waals surface area contributed by atoms with E-state index in [-0.39, 0.29) is 34.2 Å². The van der Waals surface area contributed by atoms with Gasteiger partial charge in [-0.05, 0) is 39.7 Å². The molecule has 2 aromatic rings. The Morgan fingerprint density at radius 2 is 1.93 bits per heavy atom. The number of hydrogen-bond donors (Lipinski definition) is 2. The van der Waals surface area contributed by atoms with E-state index in [2.05, 4.69) is 9.88 Å². The van der Waals surface area contributed by atoms with Gasteiger partial charge in [0.2, 0.25) is 0 Å². The van der Waals surface area contributed by atoms with Gasteiger partial charge in [0.25, 0.3) is 5.91 Å². The smallest absolute Gasteiger partial charge is 0.341 e. The summed E-state index contributed by atoms with van der Waals surface area (Å²) in [4.78, 5) is 37.5. The second kappa shape index (κ2) is 8.28. The Kier molecular flexibility index (Phi) is 5.97. The first-order chi connectivity index (χ1) is 13.8. The van der Waals surface area contributed by atoms with Crippen molar-refractivity contribution in [1.82, 2.24) is 9.88 Å². The molecule has 0 spiro atoms. The molecule has 0 aliphatic heterocycles. The largest absolute Gasteiger partial charge is 0.462 e. The highest BCUT2D eigenvalue weighted by Gasteiger charge is 2.30. The van der Waals surface area contributed by atoms with E-state index in [1.165, 1.54) is 7.05 Å². The summed E-state index contributed by atoms with van der Waals surface area (Å²) < 4.78 is 12.7. The van der Waals surface area contributed by atoms with Crippen molar-refractivity contribution in [1.29, 1.82) is 0 Å². The first kappa shape index (κ1) is 20.9. The number of nitrogens with one attached hydrogen (secondary N) is 1. The van der Waals surface area contributed by atoms with Gasteiger partial charge < -0.3 is 25.1 Å². The van der Waals surface area contributed by atoms with Gasteiger partial charge >= 0.3 is 11.9 Å². The zero-order chi connectivity index (χ0) is 21.3. The molecule has 3 N–H and O–H groups in total. The summed E-state index contributed by atoms with van der Waals surface area (Å²) >= 11 is 0.967. The third-order valence-electron chi connectivity index (χ3n) is 4.91. The lowest BCUT2D eigenvalue weighted by Crippen LogP contribution is -2.20. The summed E-state index contributed by atoms with van der Waals surface area (Å²) in [5.74, 6) is -1.56. The molecule has 3 rings (SSSR count). The number of aromatic nitrogens is 1. The predicted molar refractivity (Wildman–Crippen MR) is 109 cm³/mol. The molecule has 1 aliphatic carbocycles. The molecule has 0 atom stereocenters. The standard InChI is InChI=1S/C20H25N3O5S/c1-5-27-20(26)15-14(16(18(24)22-4)29-17(15)21)9-28-19(25)13-8-10(2)23(11(13)3)12-6-7-12/h8,12H,5-7,9,21H2,1-4H3,(H,22,24). The molecule has 1 aliphatic rings. The molecule has 1 fully saturated rings. The fraction of sp³-hybridized carbons (Fsp3) is 0.450. The summed E-state index contributed by atoms with van der Waals surface area (Å²) in [6.07, 6.45) is 2.22. The normalized spacial score (nSPS) is 13.2. The Bertz CT molecular complexity index is 971. The monoisotopic (exact) mass is 419 g/mol. The highest BCUT2D eigenvalue weighted by molar-refractivity contribution is 7.18. The van der Waals surface area contributed by atoms with Crippen molar-refractivity contribution in [2.24, 2.45) is 0 Å². The molecular formula is C20H25N3O5S. The Hall–Kier alpha value is -2.81. The van der Waals surface area contributed by atoms with E-state index in [4.69, 9.17) is 15.2 Å². The van der Waals surface area contributed by atoms with E-state index in [0.717, 1.165) is 35.6 Å². The van der Waals surface area contributed by atoms with E-state index in [1.54, 1.807) is 6.92 Å². The van der Waals surface area contributed by atoms with Crippen LogP contribution in [0.15, 0.2) is 6.07 Å². The van der Waals surface area contributed by atoms with Crippen LogP contribution in [-0.4, -0.2) is 36.1 Å². The number of carbonyl (C=O) groups is 3. The van der Waals surface area contributed by atoms with Gasteiger partial charge in [-0.3, -0.25) is 4.79 Å². The number of nitrogen functional groups attached to an aromatic ring is 1. The Balaban J connectivity index is 1.87. The number of hydrogen-bond acceptors (Lipinski definition) is 7. The van der Waals surface area contributed by atoms with E-state index in [1.807, 2.05) is 19.9 Å². The highest BCUT2D eigenvalue weighted by atomic mass is 32.1. The van der Waals surface area contributed by atoms with Gasteiger partial charge in [-0.25, -0.2) is 9.59 Å². The second-order valence-corrected chi connectivity index (χ2v) is 7.96. The molecule has 9 heteroatoms. The number of rotatable bonds is 7. The van der Waals surface area contributed by atoms with Crippen molar-refractivity contribution in [3.05, 3.63) is 39.0 Å². The Morgan fingerprint density at radius 3 is 2.52 bits per heavy atom. The zero-order valence-corrected chi connectivity index (χ0v) is 17.8. The van der Waals surface area contributed by atoms with Crippen LogP contribution in [0.25, 0.3) is 0 Å². The maximum absolute atomic E-state index is 12.7. The molecule has 2 aromatic heterocycles. The second-order valence-electron chi connectivity index (χ2n) is 6.91. The molecule has 0 aromatic carbocycles. The van der Waals surface area contributed by atoms with Crippen LogP contribution in [-0.2, 0) is 16.1 Å². The molecule has 0 radical (unpaired) electrons. The first-order valence-electron chi connectivity index (χ1n) is 9.45. The molecule has 0 saturated heterocycles. The van der Waals surface area contributed by atoms with Crippen molar-refractivity contribution < 1.29 is 23.9 Å². The van der Waals surface area contributed by atoms with Crippen LogP contribution in [0.4, 0.5) is 5.00 Å². The van der Waals surface area contributed by atoms with E-state index in [9.17, 15) is 14.4 Å². The van der Waals surface area contributed by atoms with Crippen LogP contribution in [0.2, 0.25) is 0 Å². The zero-order valence-electron chi connectivity index (χ0n) is 17.0. The topological polar surface area (TPSA) is 113 Å². The number of aryl methyl sites for hydroxylation is 1.